The van der Waals surface area contributed by atoms with E-state index >= 15 is 0 Å². The molecule has 0 radical (unpaired) electrons. The van der Waals surface area contributed by atoms with E-state index in [-0.39, 0.29) is 6.10 Å². The summed E-state index contributed by atoms with van der Waals surface area (Å²) in [5.74, 6) is 0.838. The maximum absolute atomic E-state index is 5.79. The highest BCUT2D eigenvalue weighted by Crippen LogP contribution is 2.21. The molecule has 2 heterocycles. The van der Waals surface area contributed by atoms with Crippen molar-refractivity contribution in [3.63, 3.8) is 0 Å². The van der Waals surface area contributed by atoms with Crippen LogP contribution < -0.4 is 9.47 Å². The lowest BCUT2D eigenvalue weighted by Gasteiger charge is -2.12. The summed E-state index contributed by atoms with van der Waals surface area (Å²) in [4.78, 5) is 4.01. The van der Waals surface area contributed by atoms with E-state index in [0.717, 1.165) is 36.7 Å². The van der Waals surface area contributed by atoms with Crippen LogP contribution in [0.1, 0.15) is 26.2 Å². The monoisotopic (exact) mass is 277 g/mol. The summed E-state index contributed by atoms with van der Waals surface area (Å²) in [6, 6.07) is 7.82. The van der Waals surface area contributed by atoms with Gasteiger partial charge < -0.3 is 9.47 Å². The Morgan fingerprint density at radius 2 is 2.21 bits per heavy atom. The Labute approximate surface area is 118 Å². The molecule has 4 heteroatoms. The highest BCUT2D eigenvalue weighted by atomic mass is 32.1. The Morgan fingerprint density at radius 1 is 1.26 bits per heavy atom. The van der Waals surface area contributed by atoms with Gasteiger partial charge in [-0.1, -0.05) is 0 Å². The van der Waals surface area contributed by atoms with Crippen LogP contribution in [0.2, 0.25) is 0 Å². The molecule has 0 saturated carbocycles. The Morgan fingerprint density at radius 3 is 2.95 bits per heavy atom. The van der Waals surface area contributed by atoms with E-state index in [2.05, 4.69) is 11.9 Å². The third kappa shape index (κ3) is 5.30. The number of ether oxygens (including phenoxy) is 2. The van der Waals surface area contributed by atoms with Gasteiger partial charge in [0.15, 0.2) is 5.06 Å². The van der Waals surface area contributed by atoms with Gasteiger partial charge in [0.2, 0.25) is 0 Å². The van der Waals surface area contributed by atoms with Crippen LogP contribution in [-0.2, 0) is 0 Å². The number of rotatable bonds is 8. The van der Waals surface area contributed by atoms with Crippen molar-refractivity contribution in [2.24, 2.45) is 0 Å². The van der Waals surface area contributed by atoms with E-state index < -0.39 is 0 Å². The summed E-state index contributed by atoms with van der Waals surface area (Å²) in [5, 5.41) is 3.03. The van der Waals surface area contributed by atoms with E-state index in [1.54, 1.807) is 23.7 Å². The second-order valence-electron chi connectivity index (χ2n) is 4.39. The molecule has 1 atom stereocenters. The Kier molecular flexibility index (Phi) is 5.69. The van der Waals surface area contributed by atoms with Crippen LogP contribution in [0.15, 0.2) is 42.0 Å². The van der Waals surface area contributed by atoms with E-state index in [4.69, 9.17) is 9.47 Å². The first-order valence-corrected chi connectivity index (χ1v) is 7.45. The average molecular weight is 277 g/mol. The minimum atomic E-state index is 0.261. The third-order valence-electron chi connectivity index (χ3n) is 2.72. The lowest BCUT2D eigenvalue weighted by molar-refractivity contribution is 0.207. The normalized spacial score (nSPS) is 12.1. The largest absolute Gasteiger partial charge is 0.492 e. The van der Waals surface area contributed by atoms with Gasteiger partial charge in [0.05, 0.1) is 18.9 Å². The van der Waals surface area contributed by atoms with Crippen LogP contribution in [0.4, 0.5) is 0 Å². The zero-order valence-electron chi connectivity index (χ0n) is 11.1. The minimum absolute atomic E-state index is 0.261. The van der Waals surface area contributed by atoms with Crippen LogP contribution in [0, 0.1) is 0 Å². The zero-order valence-corrected chi connectivity index (χ0v) is 11.9. The summed E-state index contributed by atoms with van der Waals surface area (Å²) in [6.45, 7) is 2.85. The number of aromatic nitrogens is 1. The Hall–Kier alpha value is -1.55. The van der Waals surface area contributed by atoms with Crippen molar-refractivity contribution in [3.05, 3.63) is 42.0 Å². The first kappa shape index (κ1) is 13.9. The van der Waals surface area contributed by atoms with E-state index in [0.29, 0.717) is 0 Å². The third-order valence-corrected chi connectivity index (χ3v) is 3.48. The summed E-state index contributed by atoms with van der Waals surface area (Å²) in [7, 11) is 0. The van der Waals surface area contributed by atoms with E-state index in [1.807, 2.05) is 29.6 Å². The van der Waals surface area contributed by atoms with Crippen LogP contribution in [-0.4, -0.2) is 17.7 Å². The van der Waals surface area contributed by atoms with Gasteiger partial charge in [0.1, 0.15) is 5.75 Å². The average Bonchev–Trinajstić information content (AvgIpc) is 2.92. The van der Waals surface area contributed by atoms with Gasteiger partial charge >= 0.3 is 0 Å². The van der Waals surface area contributed by atoms with Crippen LogP contribution in [0.25, 0.3) is 0 Å². The van der Waals surface area contributed by atoms with E-state index in [1.165, 1.54) is 0 Å². The molecule has 1 unspecified atom stereocenters. The van der Waals surface area contributed by atoms with Crippen LogP contribution in [0.5, 0.6) is 10.8 Å². The molecule has 2 aromatic rings. The van der Waals surface area contributed by atoms with Crippen molar-refractivity contribution in [1.29, 1.82) is 0 Å². The Balaban J connectivity index is 1.54. The van der Waals surface area contributed by atoms with Gasteiger partial charge in [0, 0.05) is 6.20 Å². The summed E-state index contributed by atoms with van der Waals surface area (Å²) >= 11 is 1.64. The highest BCUT2D eigenvalue weighted by molar-refractivity contribution is 7.11. The van der Waals surface area contributed by atoms with Crippen molar-refractivity contribution >= 4 is 11.3 Å². The minimum Gasteiger partial charge on any atom is -0.492 e. The number of hydrogen-bond donors (Lipinski definition) is 0. The molecule has 3 nitrogen and oxygen atoms in total. The maximum atomic E-state index is 5.79. The molecular formula is C15H19NO2S. The summed E-state index contributed by atoms with van der Waals surface area (Å²) < 4.78 is 11.4. The van der Waals surface area contributed by atoms with E-state index in [9.17, 15) is 0 Å². The molecule has 0 saturated heterocycles. The predicted octanol–water partition coefficient (Wildman–Crippen LogP) is 4.16. The molecule has 0 N–H and O–H groups in total. The van der Waals surface area contributed by atoms with Gasteiger partial charge in [-0.25, -0.2) is 0 Å². The first-order chi connectivity index (χ1) is 9.34. The summed E-state index contributed by atoms with van der Waals surface area (Å²) in [6.07, 6.45) is 6.93. The highest BCUT2D eigenvalue weighted by Gasteiger charge is 2.04. The lowest BCUT2D eigenvalue weighted by atomic mass is 10.2. The molecule has 0 amide bonds. The molecule has 0 aliphatic carbocycles. The van der Waals surface area contributed by atoms with Gasteiger partial charge in [-0.15, -0.1) is 11.3 Å². The molecule has 2 rings (SSSR count). The number of hydrogen-bond acceptors (Lipinski definition) is 4. The molecule has 0 aliphatic heterocycles. The van der Waals surface area contributed by atoms with Crippen molar-refractivity contribution in [2.45, 2.75) is 32.3 Å². The quantitative estimate of drug-likeness (QED) is 0.679. The smallest absolute Gasteiger partial charge is 0.174 e. The second kappa shape index (κ2) is 7.79. The molecule has 0 aromatic carbocycles. The molecule has 102 valence electrons. The van der Waals surface area contributed by atoms with Gasteiger partial charge in [-0.2, -0.15) is 0 Å². The van der Waals surface area contributed by atoms with Crippen LogP contribution >= 0.6 is 11.3 Å². The maximum Gasteiger partial charge on any atom is 0.174 e. The van der Waals surface area contributed by atoms with Crippen molar-refractivity contribution in [3.8, 4) is 10.8 Å². The fourth-order valence-electron chi connectivity index (χ4n) is 1.74. The predicted molar refractivity (Wildman–Crippen MR) is 78.0 cm³/mol. The van der Waals surface area contributed by atoms with Crippen molar-refractivity contribution in [2.75, 3.05) is 6.61 Å². The molecule has 2 aromatic heterocycles. The van der Waals surface area contributed by atoms with Crippen molar-refractivity contribution in [1.82, 2.24) is 4.98 Å². The Bertz CT molecular complexity index is 444. The SMILES string of the molecule is CC(CCCCOc1cccnc1)Oc1cccs1. The lowest BCUT2D eigenvalue weighted by Crippen LogP contribution is -2.11. The zero-order chi connectivity index (χ0) is 13.3. The fraction of sp³-hybridized carbons (Fsp3) is 0.400. The molecular weight excluding hydrogens is 258 g/mol. The van der Waals surface area contributed by atoms with Gasteiger partial charge in [0.25, 0.3) is 0 Å². The number of nitrogens with zero attached hydrogens (tertiary/aromatic N) is 1. The fourth-order valence-corrected chi connectivity index (χ4v) is 2.41. The molecule has 0 spiro atoms. The number of unbranched alkanes of at least 4 members (excludes halogenated alkanes) is 1. The van der Waals surface area contributed by atoms with Gasteiger partial charge in [-0.3, -0.25) is 4.98 Å². The first-order valence-electron chi connectivity index (χ1n) is 6.57. The standard InChI is InChI=1S/C15H19NO2S/c1-13(18-15-8-5-11-19-15)6-2-3-10-17-14-7-4-9-16-12-14/h4-5,7-9,11-13H,2-3,6,10H2,1H3. The second-order valence-corrected chi connectivity index (χ2v) is 5.30. The summed E-state index contributed by atoms with van der Waals surface area (Å²) in [5.41, 5.74) is 0. The number of pyridine rings is 1. The topological polar surface area (TPSA) is 31.4 Å². The molecule has 0 aliphatic rings. The van der Waals surface area contributed by atoms with Crippen molar-refractivity contribution < 1.29 is 9.47 Å². The molecule has 19 heavy (non-hydrogen) atoms. The van der Waals surface area contributed by atoms with Gasteiger partial charge in [-0.05, 0) is 55.8 Å². The molecule has 0 fully saturated rings. The number of thiophene rings is 1. The van der Waals surface area contributed by atoms with Crippen LogP contribution in [0.3, 0.4) is 0 Å². The molecule has 0 bridgehead atoms.